The van der Waals surface area contributed by atoms with Gasteiger partial charge >= 0.3 is 6.18 Å². The van der Waals surface area contributed by atoms with Crippen LogP contribution in [-0.4, -0.2) is 31.4 Å². The maximum atomic E-state index is 14.4. The van der Waals surface area contributed by atoms with E-state index < -0.39 is 23.9 Å². The third-order valence-electron chi connectivity index (χ3n) is 6.22. The number of hydrogen-bond donors (Lipinski definition) is 1. The first-order chi connectivity index (χ1) is 18.1. The number of carbonyl (C=O) groups excluding carboxylic acids is 1. The zero-order valence-corrected chi connectivity index (χ0v) is 21.3. The second-order valence-corrected chi connectivity index (χ2v) is 9.70. The van der Waals surface area contributed by atoms with Crippen LogP contribution >= 0.6 is 23.2 Å². The number of carbonyl (C=O) groups is 1. The summed E-state index contributed by atoms with van der Waals surface area (Å²) in [6.07, 6.45) is -5.30. The molecule has 5 rings (SSSR count). The standard InChI is InChI=1S/C19H14Cl2F4N2O.C8H8O2/c20-14-5-13(6-15(21)7-14)18(19(23,24)25)8-16(27-28-18)11-1-3-12(4-2-11)17(22)9-26-10-17;9-7-10-6-8-4-2-1-3-5-8/h1-7,26H,8-10H2;1-5,7H,6H2/t18-;/m0./s1. The number of halogens is 6. The molecule has 0 aromatic heterocycles. The van der Waals surface area contributed by atoms with Crippen molar-refractivity contribution in [3.8, 4) is 0 Å². The van der Waals surface area contributed by atoms with Crippen LogP contribution in [0.2, 0.25) is 10.0 Å². The molecule has 11 heteroatoms. The third-order valence-corrected chi connectivity index (χ3v) is 6.66. The second-order valence-electron chi connectivity index (χ2n) is 8.83. The predicted molar refractivity (Wildman–Crippen MR) is 136 cm³/mol. The van der Waals surface area contributed by atoms with E-state index in [9.17, 15) is 22.4 Å². The lowest BCUT2D eigenvalue weighted by molar-refractivity contribution is -0.275. The van der Waals surface area contributed by atoms with E-state index in [2.05, 4.69) is 15.2 Å². The van der Waals surface area contributed by atoms with E-state index in [4.69, 9.17) is 28.0 Å². The molecule has 0 radical (unpaired) electrons. The lowest BCUT2D eigenvalue weighted by atomic mass is 9.85. The van der Waals surface area contributed by atoms with E-state index in [1.165, 1.54) is 18.2 Å². The molecule has 2 aliphatic heterocycles. The van der Waals surface area contributed by atoms with Gasteiger partial charge in [0.15, 0.2) is 5.67 Å². The van der Waals surface area contributed by atoms with Crippen molar-refractivity contribution in [3.05, 3.63) is 105 Å². The van der Waals surface area contributed by atoms with Crippen molar-refractivity contribution in [1.29, 1.82) is 0 Å². The van der Waals surface area contributed by atoms with Gasteiger partial charge in [-0.15, -0.1) is 0 Å². The fourth-order valence-corrected chi connectivity index (χ4v) is 4.59. The van der Waals surface area contributed by atoms with Crippen molar-refractivity contribution < 1.29 is 31.9 Å². The SMILES string of the molecule is FC1(c2ccc(C3=NO[C@@](c4cc(Cl)cc(Cl)c4)(C(F)(F)F)C3)cc2)CNC1.O=COCc1ccccc1. The summed E-state index contributed by atoms with van der Waals surface area (Å²) in [6, 6.07) is 19.4. The summed E-state index contributed by atoms with van der Waals surface area (Å²) in [7, 11) is 0. The van der Waals surface area contributed by atoms with E-state index in [1.807, 2.05) is 30.3 Å². The van der Waals surface area contributed by atoms with Crippen LogP contribution in [0.25, 0.3) is 0 Å². The minimum atomic E-state index is -4.76. The van der Waals surface area contributed by atoms with Gasteiger partial charge in [0.05, 0.1) is 5.71 Å². The Hall–Kier alpha value is -3.14. The Morgan fingerprint density at radius 3 is 2.13 bits per heavy atom. The normalized spacial score (nSPS) is 19.8. The number of nitrogens with zero attached hydrogens (tertiary/aromatic N) is 1. The number of ether oxygens (including phenoxy) is 1. The molecule has 3 aromatic carbocycles. The van der Waals surface area contributed by atoms with E-state index in [1.54, 1.807) is 24.3 Å². The highest BCUT2D eigenvalue weighted by molar-refractivity contribution is 6.34. The second kappa shape index (κ2) is 11.3. The van der Waals surface area contributed by atoms with Crippen LogP contribution < -0.4 is 5.32 Å². The van der Waals surface area contributed by atoms with Crippen LogP contribution in [0, 0.1) is 0 Å². The zero-order valence-electron chi connectivity index (χ0n) is 19.8. The minimum absolute atomic E-state index is 0.0647. The summed E-state index contributed by atoms with van der Waals surface area (Å²) in [5.74, 6) is 0. The van der Waals surface area contributed by atoms with Gasteiger partial charge in [0.25, 0.3) is 12.1 Å². The van der Waals surface area contributed by atoms with E-state index >= 15 is 0 Å². The Labute approximate surface area is 226 Å². The Morgan fingerprint density at radius 1 is 0.974 bits per heavy atom. The first-order valence-corrected chi connectivity index (χ1v) is 12.2. The van der Waals surface area contributed by atoms with Crippen LogP contribution in [0.5, 0.6) is 0 Å². The molecular formula is C27H22Cl2F4N2O3. The molecule has 5 nitrogen and oxygen atoms in total. The van der Waals surface area contributed by atoms with Crippen LogP contribution in [0.4, 0.5) is 17.6 Å². The van der Waals surface area contributed by atoms with Gasteiger partial charge in [-0.05, 0) is 34.9 Å². The molecule has 3 aromatic rings. The highest BCUT2D eigenvalue weighted by atomic mass is 35.5. The molecule has 0 aliphatic carbocycles. The first-order valence-electron chi connectivity index (χ1n) is 11.4. The summed E-state index contributed by atoms with van der Waals surface area (Å²) in [5.41, 5.74) is -2.34. The van der Waals surface area contributed by atoms with Gasteiger partial charge in [0, 0.05) is 35.1 Å². The molecule has 0 saturated carbocycles. The fourth-order valence-electron chi connectivity index (χ4n) is 4.06. The average molecular weight is 569 g/mol. The number of benzene rings is 3. The molecule has 1 saturated heterocycles. The van der Waals surface area contributed by atoms with E-state index in [-0.39, 0.29) is 34.4 Å². The van der Waals surface area contributed by atoms with Gasteiger partial charge < -0.3 is 14.9 Å². The smallest absolute Gasteiger partial charge is 0.435 e. The Balaban J connectivity index is 0.000000283. The van der Waals surface area contributed by atoms with Gasteiger partial charge in [-0.3, -0.25) is 4.79 Å². The molecule has 2 aliphatic rings. The van der Waals surface area contributed by atoms with Crippen molar-refractivity contribution in [2.45, 2.75) is 30.5 Å². The van der Waals surface area contributed by atoms with E-state index in [0.717, 1.165) is 5.56 Å². The fraction of sp³-hybridized carbons (Fsp3) is 0.259. The number of alkyl halides is 4. The van der Waals surface area contributed by atoms with Crippen LogP contribution in [0.1, 0.15) is 28.7 Å². The van der Waals surface area contributed by atoms with Crippen LogP contribution in [0.15, 0.2) is 78.0 Å². The maximum absolute atomic E-state index is 14.4. The molecule has 0 unspecified atom stereocenters. The monoisotopic (exact) mass is 568 g/mol. The van der Waals surface area contributed by atoms with Crippen molar-refractivity contribution >= 4 is 35.4 Å². The molecule has 1 fully saturated rings. The highest BCUT2D eigenvalue weighted by Gasteiger charge is 2.62. The topological polar surface area (TPSA) is 59.9 Å². The largest absolute Gasteiger partial charge is 0.463 e. The Morgan fingerprint density at radius 2 is 1.61 bits per heavy atom. The number of oxime groups is 1. The number of rotatable bonds is 6. The molecule has 1 N–H and O–H groups in total. The first kappa shape index (κ1) is 27.9. The van der Waals surface area contributed by atoms with Crippen LogP contribution in [-0.2, 0) is 32.2 Å². The van der Waals surface area contributed by atoms with Gasteiger partial charge in [-0.1, -0.05) is 83.0 Å². The van der Waals surface area contributed by atoms with Crippen molar-refractivity contribution in [1.82, 2.24) is 5.32 Å². The predicted octanol–water partition coefficient (Wildman–Crippen LogP) is 6.70. The van der Waals surface area contributed by atoms with Crippen molar-refractivity contribution in [2.75, 3.05) is 13.1 Å². The van der Waals surface area contributed by atoms with Crippen LogP contribution in [0.3, 0.4) is 0 Å². The minimum Gasteiger partial charge on any atom is -0.463 e. The summed E-state index contributed by atoms with van der Waals surface area (Å²) in [4.78, 5) is 14.7. The van der Waals surface area contributed by atoms with Gasteiger partial charge in [-0.25, -0.2) is 4.39 Å². The maximum Gasteiger partial charge on any atom is 0.435 e. The summed E-state index contributed by atoms with van der Waals surface area (Å²) < 4.78 is 60.9. The van der Waals surface area contributed by atoms with Crippen molar-refractivity contribution in [3.63, 3.8) is 0 Å². The Kier molecular flexibility index (Phi) is 8.30. The molecule has 1 atom stereocenters. The third kappa shape index (κ3) is 5.95. The molecule has 0 amide bonds. The quantitative estimate of drug-likeness (QED) is 0.265. The highest BCUT2D eigenvalue weighted by Crippen LogP contribution is 2.49. The lowest BCUT2D eigenvalue weighted by Crippen LogP contribution is -2.53. The van der Waals surface area contributed by atoms with Gasteiger partial charge in [0.2, 0.25) is 0 Å². The molecule has 0 bridgehead atoms. The zero-order chi connectivity index (χ0) is 27.4. The summed E-state index contributed by atoms with van der Waals surface area (Å²) in [6.45, 7) is 1.24. The number of hydrogen-bond acceptors (Lipinski definition) is 5. The summed E-state index contributed by atoms with van der Waals surface area (Å²) in [5, 5.41) is 6.68. The average Bonchev–Trinajstić information content (AvgIpc) is 3.34. The Bertz CT molecular complexity index is 1280. The van der Waals surface area contributed by atoms with Gasteiger partial charge in [-0.2, -0.15) is 13.2 Å². The molecule has 0 spiro atoms. The van der Waals surface area contributed by atoms with Gasteiger partial charge in [0.1, 0.15) is 6.61 Å². The van der Waals surface area contributed by atoms with E-state index in [0.29, 0.717) is 24.2 Å². The van der Waals surface area contributed by atoms with Crippen molar-refractivity contribution in [2.24, 2.45) is 5.16 Å². The number of nitrogens with one attached hydrogen (secondary N) is 1. The molecule has 200 valence electrons. The molecule has 2 heterocycles. The summed E-state index contributed by atoms with van der Waals surface area (Å²) >= 11 is 11.8. The molecular weight excluding hydrogens is 547 g/mol. The lowest BCUT2D eigenvalue weighted by Gasteiger charge is -2.35. The molecule has 38 heavy (non-hydrogen) atoms.